The number of amides is 2. The zero-order valence-corrected chi connectivity index (χ0v) is 20.8. The lowest BCUT2D eigenvalue weighted by Crippen LogP contribution is -2.32. The fourth-order valence-corrected chi connectivity index (χ4v) is 3.58. The first-order chi connectivity index (χ1) is 16.7. The van der Waals surface area contributed by atoms with Crippen LogP contribution in [0.15, 0.2) is 80.4 Å². The molecule has 3 aromatic carbocycles. The number of phenolic OH excluding ortho intramolecular Hbond substituents is 2. The van der Waals surface area contributed by atoms with Crippen molar-refractivity contribution >= 4 is 61.7 Å². The number of rotatable bonds is 7. The number of carbonyl (C=O) groups is 2. The molecule has 3 aromatic rings. The first-order valence-electron chi connectivity index (χ1n) is 9.73. The normalized spacial score (nSPS) is 11.3. The van der Waals surface area contributed by atoms with Crippen molar-refractivity contribution in [1.82, 2.24) is 10.7 Å². The van der Waals surface area contributed by atoms with Crippen LogP contribution in [0, 0.1) is 10.1 Å². The van der Waals surface area contributed by atoms with Crippen molar-refractivity contribution < 1.29 is 24.7 Å². The molecule has 4 N–H and O–H groups in total. The van der Waals surface area contributed by atoms with E-state index in [0.29, 0.717) is 16.7 Å². The average molecular weight is 604 g/mol. The van der Waals surface area contributed by atoms with E-state index in [4.69, 9.17) is 0 Å². The zero-order chi connectivity index (χ0) is 25.5. The van der Waals surface area contributed by atoms with Crippen LogP contribution in [-0.2, 0) is 4.79 Å². The predicted octanol–water partition coefficient (Wildman–Crippen LogP) is 4.45. The Balaban J connectivity index is 1.86. The maximum atomic E-state index is 12.8. The van der Waals surface area contributed by atoms with E-state index in [9.17, 15) is 29.9 Å². The molecule has 35 heavy (non-hydrogen) atoms. The molecular weight excluding hydrogens is 588 g/mol. The molecular formula is C23H16Br2N4O6. The van der Waals surface area contributed by atoms with Gasteiger partial charge in [-0.1, -0.05) is 18.2 Å². The summed E-state index contributed by atoms with van der Waals surface area (Å²) in [6, 6.07) is 15.1. The first kappa shape index (κ1) is 25.6. The molecule has 0 aliphatic rings. The molecule has 0 saturated carbocycles. The van der Waals surface area contributed by atoms with E-state index in [0.717, 1.165) is 0 Å². The molecule has 0 aliphatic heterocycles. The second-order valence-electron chi connectivity index (χ2n) is 6.88. The number of non-ortho nitro benzene ring substituents is 1. The Labute approximate surface area is 215 Å². The second-order valence-corrected chi connectivity index (χ2v) is 8.53. The number of nitrogens with one attached hydrogen (secondary N) is 2. The van der Waals surface area contributed by atoms with Gasteiger partial charge in [-0.2, -0.15) is 5.10 Å². The van der Waals surface area contributed by atoms with Crippen LogP contribution in [0.2, 0.25) is 0 Å². The van der Waals surface area contributed by atoms with Crippen LogP contribution in [0.1, 0.15) is 21.5 Å². The summed E-state index contributed by atoms with van der Waals surface area (Å²) >= 11 is 6.23. The van der Waals surface area contributed by atoms with Gasteiger partial charge in [0.25, 0.3) is 17.5 Å². The number of benzene rings is 3. The topological polar surface area (TPSA) is 154 Å². The average Bonchev–Trinajstić information content (AvgIpc) is 2.86. The number of aromatic hydroxyl groups is 2. The van der Waals surface area contributed by atoms with Crippen LogP contribution in [0.25, 0.3) is 6.08 Å². The Morgan fingerprint density at radius 1 is 1.00 bits per heavy atom. The van der Waals surface area contributed by atoms with Crippen molar-refractivity contribution in [2.75, 3.05) is 0 Å². The lowest BCUT2D eigenvalue weighted by atomic mass is 10.1. The predicted molar refractivity (Wildman–Crippen MR) is 136 cm³/mol. The third-order valence-corrected chi connectivity index (χ3v) is 5.95. The van der Waals surface area contributed by atoms with Gasteiger partial charge >= 0.3 is 0 Å². The van der Waals surface area contributed by atoms with Gasteiger partial charge in [-0.15, -0.1) is 0 Å². The molecule has 0 bridgehead atoms. The van der Waals surface area contributed by atoms with Crippen LogP contribution in [-0.4, -0.2) is 33.2 Å². The highest BCUT2D eigenvalue weighted by molar-refractivity contribution is 9.11. The Kier molecular flexibility index (Phi) is 8.34. The highest BCUT2D eigenvalue weighted by atomic mass is 79.9. The summed E-state index contributed by atoms with van der Waals surface area (Å²) in [4.78, 5) is 35.8. The number of hydrogen-bond acceptors (Lipinski definition) is 7. The highest BCUT2D eigenvalue weighted by Crippen LogP contribution is 2.40. The number of nitro groups is 1. The van der Waals surface area contributed by atoms with Gasteiger partial charge in [0.1, 0.15) is 5.70 Å². The summed E-state index contributed by atoms with van der Waals surface area (Å²) in [7, 11) is 0. The Morgan fingerprint density at radius 3 is 2.29 bits per heavy atom. The van der Waals surface area contributed by atoms with Gasteiger partial charge in [0.05, 0.1) is 20.1 Å². The quantitative estimate of drug-likeness (QED) is 0.103. The van der Waals surface area contributed by atoms with Crippen molar-refractivity contribution in [3.63, 3.8) is 0 Å². The van der Waals surface area contributed by atoms with E-state index in [2.05, 4.69) is 47.7 Å². The van der Waals surface area contributed by atoms with Crippen LogP contribution in [0.3, 0.4) is 0 Å². The van der Waals surface area contributed by atoms with Crippen molar-refractivity contribution in [3.05, 3.63) is 102 Å². The summed E-state index contributed by atoms with van der Waals surface area (Å²) < 4.78 is 0.357. The van der Waals surface area contributed by atoms with Gasteiger partial charge < -0.3 is 15.5 Å². The van der Waals surface area contributed by atoms with Crippen LogP contribution >= 0.6 is 31.9 Å². The fourth-order valence-electron chi connectivity index (χ4n) is 2.74. The maximum absolute atomic E-state index is 12.8. The number of phenols is 2. The summed E-state index contributed by atoms with van der Waals surface area (Å²) in [5.74, 6) is -2.11. The van der Waals surface area contributed by atoms with Gasteiger partial charge in [0, 0.05) is 23.3 Å². The molecule has 178 valence electrons. The molecule has 0 radical (unpaired) electrons. The Bertz CT molecular complexity index is 1340. The minimum Gasteiger partial charge on any atom is -0.503 e. The highest BCUT2D eigenvalue weighted by Gasteiger charge is 2.16. The molecule has 0 unspecified atom stereocenters. The Hall–Kier alpha value is -4.03. The fraction of sp³-hybridized carbons (Fsp3) is 0. The SMILES string of the molecule is O=C(N/N=C/c1cc(Br)c(O)c(O)c1Br)/C(=C\c1ccc([N+](=O)[O-])cc1)NC(=O)c1ccccc1. The minimum absolute atomic E-state index is 0.125. The molecule has 12 heteroatoms. The molecule has 0 aromatic heterocycles. The van der Waals surface area contributed by atoms with Gasteiger partial charge in [-0.05, 0) is 73.8 Å². The molecule has 0 aliphatic carbocycles. The molecule has 2 amide bonds. The monoisotopic (exact) mass is 602 g/mol. The molecule has 0 atom stereocenters. The minimum atomic E-state index is -0.776. The summed E-state index contributed by atoms with van der Waals surface area (Å²) in [5, 5.41) is 36.9. The van der Waals surface area contributed by atoms with E-state index in [1.807, 2.05) is 0 Å². The molecule has 3 rings (SSSR count). The van der Waals surface area contributed by atoms with Crippen molar-refractivity contribution in [2.45, 2.75) is 0 Å². The Morgan fingerprint density at radius 2 is 1.66 bits per heavy atom. The number of nitrogens with zero attached hydrogens (tertiary/aromatic N) is 2. The standard InChI is InChI=1S/C23H16Br2N4O6/c24-17-11-15(19(25)21(31)20(17)30)12-26-28-23(33)18(27-22(32)14-4-2-1-3-5-14)10-13-6-8-16(9-7-13)29(34)35/h1-12,30-31H,(H,27,32)(H,28,33)/b18-10+,26-12+. The third kappa shape index (κ3) is 6.52. The van der Waals surface area contributed by atoms with E-state index < -0.39 is 22.5 Å². The lowest BCUT2D eigenvalue weighted by molar-refractivity contribution is -0.384. The van der Waals surface area contributed by atoms with Crippen molar-refractivity contribution in [2.24, 2.45) is 5.10 Å². The molecule has 0 fully saturated rings. The van der Waals surface area contributed by atoms with E-state index in [1.54, 1.807) is 30.3 Å². The number of hydrazone groups is 1. The molecule has 0 spiro atoms. The van der Waals surface area contributed by atoms with Gasteiger partial charge in [0.15, 0.2) is 11.5 Å². The maximum Gasteiger partial charge on any atom is 0.287 e. The van der Waals surface area contributed by atoms with Crippen LogP contribution in [0.4, 0.5) is 5.69 Å². The van der Waals surface area contributed by atoms with Crippen LogP contribution in [0.5, 0.6) is 11.5 Å². The summed E-state index contributed by atoms with van der Waals surface area (Å²) in [6.45, 7) is 0. The third-order valence-electron chi connectivity index (χ3n) is 4.51. The zero-order valence-electron chi connectivity index (χ0n) is 17.6. The second kappa shape index (κ2) is 11.4. The van der Waals surface area contributed by atoms with Crippen molar-refractivity contribution in [3.8, 4) is 11.5 Å². The molecule has 10 nitrogen and oxygen atoms in total. The molecule has 0 heterocycles. The van der Waals surface area contributed by atoms with Gasteiger partial charge in [0.2, 0.25) is 0 Å². The smallest absolute Gasteiger partial charge is 0.287 e. The van der Waals surface area contributed by atoms with E-state index in [1.165, 1.54) is 42.6 Å². The van der Waals surface area contributed by atoms with E-state index >= 15 is 0 Å². The lowest BCUT2D eigenvalue weighted by Gasteiger charge is -2.09. The summed E-state index contributed by atoms with van der Waals surface area (Å²) in [5.41, 5.74) is 3.06. The number of carbonyl (C=O) groups excluding carboxylic acids is 2. The number of hydrogen-bond donors (Lipinski definition) is 4. The van der Waals surface area contributed by atoms with Gasteiger partial charge in [-0.25, -0.2) is 5.43 Å². The van der Waals surface area contributed by atoms with Crippen molar-refractivity contribution in [1.29, 1.82) is 0 Å². The van der Waals surface area contributed by atoms with Crippen LogP contribution < -0.4 is 10.7 Å². The summed E-state index contributed by atoms with van der Waals surface area (Å²) in [6.07, 6.45) is 2.56. The largest absolute Gasteiger partial charge is 0.503 e. The molecule has 0 saturated heterocycles. The number of nitro benzene ring substituents is 1. The van der Waals surface area contributed by atoms with E-state index in [-0.39, 0.29) is 26.1 Å². The number of halogens is 2. The first-order valence-corrected chi connectivity index (χ1v) is 11.3. The van der Waals surface area contributed by atoms with Gasteiger partial charge in [-0.3, -0.25) is 19.7 Å².